The number of aliphatic carboxylic acids is 1. The van der Waals surface area contributed by atoms with Crippen LogP contribution < -0.4 is 15.8 Å². The smallest absolute Gasteiger partial charge is 0.429 e. The van der Waals surface area contributed by atoms with Gasteiger partial charge >= 0.3 is 18.2 Å². The Balaban J connectivity index is 1.52. The molecular weight excluding hydrogens is 605 g/mol. The Kier molecular flexibility index (Phi) is 10.2. The van der Waals surface area contributed by atoms with Crippen LogP contribution >= 0.6 is 0 Å². The SMILES string of the molecule is CC(C)(C)OC(=O)N[C@@H](Cc1ccc(-c2cc(O[C@H](c3ccc(-c4cccc(CO)c4)cc3)C(F)(F)F)nc(N)n2)cc1)C(=O)O. The van der Waals surface area contributed by atoms with Crippen LogP contribution in [0.4, 0.5) is 23.9 Å². The van der Waals surface area contributed by atoms with E-state index in [4.69, 9.17) is 15.2 Å². The van der Waals surface area contributed by atoms with Crippen molar-refractivity contribution in [3.05, 3.63) is 95.6 Å². The molecule has 1 heterocycles. The molecule has 0 aliphatic rings. The second-order valence-corrected chi connectivity index (χ2v) is 11.4. The number of nitrogens with two attached hydrogens (primary N) is 1. The normalized spacial score (nSPS) is 13.0. The topological polar surface area (TPSA) is 157 Å². The van der Waals surface area contributed by atoms with E-state index in [-0.39, 0.29) is 30.2 Å². The van der Waals surface area contributed by atoms with Gasteiger partial charge in [-0.2, -0.15) is 18.2 Å². The number of amides is 1. The van der Waals surface area contributed by atoms with Crippen molar-refractivity contribution in [3.8, 4) is 28.3 Å². The average molecular weight is 639 g/mol. The molecule has 0 saturated heterocycles. The summed E-state index contributed by atoms with van der Waals surface area (Å²) >= 11 is 0. The Morgan fingerprint density at radius 2 is 1.54 bits per heavy atom. The van der Waals surface area contributed by atoms with Crippen molar-refractivity contribution in [3.63, 3.8) is 0 Å². The molecule has 0 aliphatic carbocycles. The number of aliphatic hydroxyl groups excluding tert-OH is 1. The van der Waals surface area contributed by atoms with Gasteiger partial charge in [-0.1, -0.05) is 66.7 Å². The maximum atomic E-state index is 14.2. The maximum absolute atomic E-state index is 14.2. The summed E-state index contributed by atoms with van der Waals surface area (Å²) in [6.07, 6.45) is -8.09. The van der Waals surface area contributed by atoms with Crippen molar-refractivity contribution >= 4 is 18.0 Å². The van der Waals surface area contributed by atoms with Crippen molar-refractivity contribution in [2.75, 3.05) is 5.73 Å². The van der Waals surface area contributed by atoms with Crippen molar-refractivity contribution in [1.29, 1.82) is 0 Å². The number of benzene rings is 3. The molecule has 3 aromatic carbocycles. The highest BCUT2D eigenvalue weighted by Crippen LogP contribution is 2.38. The number of aliphatic hydroxyl groups is 1. The zero-order valence-corrected chi connectivity index (χ0v) is 25.2. The van der Waals surface area contributed by atoms with E-state index in [0.29, 0.717) is 22.3 Å². The number of carboxylic acids is 1. The summed E-state index contributed by atoms with van der Waals surface area (Å²) in [6.45, 7) is 4.79. The third kappa shape index (κ3) is 9.17. The van der Waals surface area contributed by atoms with Gasteiger partial charge in [0.15, 0.2) is 0 Å². The molecule has 2 atom stereocenters. The quantitative estimate of drug-likeness (QED) is 0.161. The molecule has 4 aromatic rings. The van der Waals surface area contributed by atoms with Crippen LogP contribution in [0.2, 0.25) is 0 Å². The third-order valence-corrected chi connectivity index (χ3v) is 6.59. The summed E-state index contributed by atoms with van der Waals surface area (Å²) in [5.74, 6) is -1.98. The Morgan fingerprint density at radius 3 is 2.13 bits per heavy atom. The van der Waals surface area contributed by atoms with Crippen LogP contribution in [0.15, 0.2) is 78.9 Å². The number of halogens is 3. The van der Waals surface area contributed by atoms with E-state index in [1.165, 1.54) is 30.3 Å². The largest absolute Gasteiger partial charge is 0.480 e. The lowest BCUT2D eigenvalue weighted by Crippen LogP contribution is -2.44. The summed E-state index contributed by atoms with van der Waals surface area (Å²) in [4.78, 5) is 31.8. The predicted octanol–water partition coefficient (Wildman–Crippen LogP) is 6.09. The Bertz CT molecular complexity index is 1670. The van der Waals surface area contributed by atoms with Gasteiger partial charge in [0.05, 0.1) is 12.3 Å². The molecule has 242 valence electrons. The number of nitrogen functional groups attached to an aromatic ring is 1. The first kappa shape index (κ1) is 33.7. The number of alkyl halides is 3. The van der Waals surface area contributed by atoms with E-state index in [1.54, 1.807) is 69.3 Å². The van der Waals surface area contributed by atoms with Crippen LogP contribution in [-0.2, 0) is 22.6 Å². The van der Waals surface area contributed by atoms with Gasteiger partial charge in [0.25, 0.3) is 0 Å². The standard InChI is InChI=1S/C33H33F3N4O6/c1-32(2,3)46-31(44)39-26(29(42)43)16-19-7-9-22(10-8-19)25-17-27(40-30(37)38-25)45-28(33(34,35)36)23-13-11-21(12-14-23)24-6-4-5-20(15-24)18-41/h4-15,17,26,28,41H,16,18H2,1-3H3,(H,39,44)(H,42,43)(H2,37,38,40)/t26-,28+/m0/s1. The molecule has 46 heavy (non-hydrogen) atoms. The summed E-state index contributed by atoms with van der Waals surface area (Å²) in [5, 5.41) is 21.3. The fourth-order valence-corrected chi connectivity index (χ4v) is 4.49. The van der Waals surface area contributed by atoms with Crippen LogP contribution in [0.3, 0.4) is 0 Å². The van der Waals surface area contributed by atoms with Gasteiger partial charge < -0.3 is 30.7 Å². The lowest BCUT2D eigenvalue weighted by molar-refractivity contribution is -0.198. The zero-order valence-electron chi connectivity index (χ0n) is 25.2. The lowest BCUT2D eigenvalue weighted by Gasteiger charge is -2.22. The van der Waals surface area contributed by atoms with Gasteiger partial charge in [0.2, 0.25) is 17.9 Å². The minimum absolute atomic E-state index is 0.0615. The van der Waals surface area contributed by atoms with Gasteiger partial charge in [0.1, 0.15) is 11.6 Å². The van der Waals surface area contributed by atoms with E-state index >= 15 is 0 Å². The monoisotopic (exact) mass is 638 g/mol. The summed E-state index contributed by atoms with van der Waals surface area (Å²) in [5.41, 5.74) is 8.10. The van der Waals surface area contributed by atoms with Crippen LogP contribution in [0.1, 0.15) is 43.6 Å². The molecule has 1 aromatic heterocycles. The molecule has 5 N–H and O–H groups in total. The molecule has 0 bridgehead atoms. The van der Waals surface area contributed by atoms with Crippen molar-refractivity contribution < 1.29 is 42.4 Å². The third-order valence-electron chi connectivity index (χ3n) is 6.59. The maximum Gasteiger partial charge on any atom is 0.429 e. The van der Waals surface area contributed by atoms with Gasteiger partial charge in [-0.05, 0) is 49.1 Å². The molecule has 0 fully saturated rings. The number of hydrogen-bond acceptors (Lipinski definition) is 8. The Labute approximate surface area is 263 Å². The Morgan fingerprint density at radius 1 is 0.891 bits per heavy atom. The second kappa shape index (κ2) is 13.9. The molecule has 0 unspecified atom stereocenters. The number of carbonyl (C=O) groups excluding carboxylic acids is 1. The number of alkyl carbamates (subject to hydrolysis) is 1. The van der Waals surface area contributed by atoms with Crippen molar-refractivity contribution in [1.82, 2.24) is 15.3 Å². The minimum atomic E-state index is -4.80. The van der Waals surface area contributed by atoms with E-state index < -0.39 is 41.9 Å². The van der Waals surface area contributed by atoms with Crippen molar-refractivity contribution in [2.24, 2.45) is 0 Å². The molecule has 0 spiro atoms. The number of nitrogens with one attached hydrogen (secondary N) is 1. The fourth-order valence-electron chi connectivity index (χ4n) is 4.49. The highest BCUT2D eigenvalue weighted by molar-refractivity contribution is 5.80. The van der Waals surface area contributed by atoms with Gasteiger partial charge in [-0.15, -0.1) is 0 Å². The molecule has 13 heteroatoms. The van der Waals surface area contributed by atoms with Gasteiger partial charge in [0, 0.05) is 23.6 Å². The van der Waals surface area contributed by atoms with E-state index in [0.717, 1.165) is 5.56 Å². The Hall–Kier alpha value is -5.17. The zero-order chi connectivity index (χ0) is 33.6. The molecule has 0 saturated carbocycles. The number of carbonyl (C=O) groups is 2. The minimum Gasteiger partial charge on any atom is -0.480 e. The van der Waals surface area contributed by atoms with Crippen LogP contribution in [0, 0.1) is 0 Å². The molecule has 0 aliphatic heterocycles. The van der Waals surface area contributed by atoms with E-state index in [9.17, 15) is 33.0 Å². The lowest BCUT2D eigenvalue weighted by atomic mass is 10.00. The number of ether oxygens (including phenoxy) is 2. The number of rotatable bonds is 10. The highest BCUT2D eigenvalue weighted by Gasteiger charge is 2.43. The molecule has 10 nitrogen and oxygen atoms in total. The van der Waals surface area contributed by atoms with E-state index in [1.807, 2.05) is 0 Å². The number of hydrogen-bond donors (Lipinski definition) is 4. The highest BCUT2D eigenvalue weighted by atomic mass is 19.4. The number of carboxylic acid groups (broad SMARTS) is 1. The second-order valence-electron chi connectivity index (χ2n) is 11.4. The summed E-state index contributed by atoms with van der Waals surface area (Å²) in [6, 6.07) is 19.0. The first-order valence-electron chi connectivity index (χ1n) is 14.1. The average Bonchev–Trinajstić information content (AvgIpc) is 2.98. The van der Waals surface area contributed by atoms with E-state index in [2.05, 4.69) is 15.3 Å². The van der Waals surface area contributed by atoms with Crippen LogP contribution in [0.25, 0.3) is 22.4 Å². The fraction of sp³-hybridized carbons (Fsp3) is 0.273. The summed E-state index contributed by atoms with van der Waals surface area (Å²) in [7, 11) is 0. The molecule has 4 rings (SSSR count). The summed E-state index contributed by atoms with van der Waals surface area (Å²) < 4.78 is 53.1. The van der Waals surface area contributed by atoms with Crippen molar-refractivity contribution in [2.45, 2.75) is 57.7 Å². The number of anilines is 1. The molecular formula is C33H33F3N4O6. The number of aromatic nitrogens is 2. The first-order chi connectivity index (χ1) is 21.6. The predicted molar refractivity (Wildman–Crippen MR) is 164 cm³/mol. The van der Waals surface area contributed by atoms with Crippen LogP contribution in [0.5, 0.6) is 5.88 Å². The molecule has 1 amide bonds. The molecule has 0 radical (unpaired) electrons. The number of nitrogens with zero attached hydrogens (tertiary/aromatic N) is 2. The van der Waals surface area contributed by atoms with Crippen LogP contribution in [-0.4, -0.2) is 50.1 Å². The first-order valence-corrected chi connectivity index (χ1v) is 14.1. The van der Waals surface area contributed by atoms with Gasteiger partial charge in [-0.25, -0.2) is 14.6 Å². The van der Waals surface area contributed by atoms with Gasteiger partial charge in [-0.3, -0.25) is 0 Å².